The highest BCUT2D eigenvalue weighted by Crippen LogP contribution is 2.65. The fourth-order valence-corrected chi connectivity index (χ4v) is 5.72. The van der Waals surface area contributed by atoms with Crippen molar-refractivity contribution in [3.05, 3.63) is 0 Å². The predicted octanol–water partition coefficient (Wildman–Crippen LogP) is 1.99. The molecule has 5 aliphatic rings. The average Bonchev–Trinajstić information content (AvgIpc) is 3.09. The van der Waals surface area contributed by atoms with Crippen molar-refractivity contribution >= 4 is 24.8 Å². The highest BCUT2D eigenvalue weighted by Gasteiger charge is 2.68. The van der Waals surface area contributed by atoms with Crippen LogP contribution in [0, 0.1) is 17.3 Å². The van der Waals surface area contributed by atoms with Crippen LogP contribution in [0.4, 0.5) is 0 Å². The molecule has 5 nitrogen and oxygen atoms in total. The number of halogens is 1. The summed E-state index contributed by atoms with van der Waals surface area (Å²) in [5.74, 6) is 1.35. The topological polar surface area (TPSA) is 50.8 Å². The molecule has 128 valence electrons. The van der Waals surface area contributed by atoms with Crippen LogP contribution in [0.15, 0.2) is 0 Å². The largest absolute Gasteiger partial charge is 0.481 e. The molecule has 5 rings (SSSR count). The summed E-state index contributed by atoms with van der Waals surface area (Å²) in [4.78, 5) is 16.6. The van der Waals surface area contributed by atoms with E-state index in [0.29, 0.717) is 11.3 Å². The van der Waals surface area contributed by atoms with Gasteiger partial charge in [0, 0.05) is 6.54 Å². The van der Waals surface area contributed by atoms with Crippen LogP contribution in [-0.2, 0) is 14.1 Å². The van der Waals surface area contributed by atoms with E-state index in [4.69, 9.17) is 21.1 Å². The molecule has 23 heavy (non-hydrogen) atoms. The van der Waals surface area contributed by atoms with Gasteiger partial charge < -0.3 is 14.2 Å². The average molecular weight is 341 g/mol. The van der Waals surface area contributed by atoms with Gasteiger partial charge >= 0.3 is 7.12 Å². The van der Waals surface area contributed by atoms with Crippen LogP contribution in [0.2, 0.25) is 0 Å². The lowest BCUT2D eigenvalue weighted by Gasteiger charge is -2.64. The highest BCUT2D eigenvalue weighted by molar-refractivity contribution is 6.48. The van der Waals surface area contributed by atoms with Crippen LogP contribution < -0.4 is 4.84 Å². The number of hydrogen-bond donors (Lipinski definition) is 1. The maximum absolute atomic E-state index is 12.3. The highest BCUT2D eigenvalue weighted by atomic mass is 35.5. The van der Waals surface area contributed by atoms with Crippen LogP contribution >= 0.6 is 11.8 Å². The summed E-state index contributed by atoms with van der Waals surface area (Å²) >= 11 is 5.50. The normalized spacial score (nSPS) is 44.2. The van der Waals surface area contributed by atoms with E-state index in [-0.39, 0.29) is 37.2 Å². The Morgan fingerprint density at radius 2 is 2.17 bits per heavy atom. The zero-order chi connectivity index (χ0) is 16.4. The van der Waals surface area contributed by atoms with Crippen molar-refractivity contribution in [3.8, 4) is 0 Å². The standard InChI is InChI=1S/C16H26BClN2O3/c1-15(2)10-7-11(15)16(3)12(8-10)22-17(23-16)13-5-4-6-20(13)14(21)9-19-18/h10-13,19H,4-9H2,1-3H3/t10-,11?,12+,13-,16-/m0/s1. The molecule has 0 spiro atoms. The zero-order valence-corrected chi connectivity index (χ0v) is 14.9. The Morgan fingerprint density at radius 1 is 1.39 bits per heavy atom. The van der Waals surface area contributed by atoms with Crippen molar-refractivity contribution in [2.24, 2.45) is 17.3 Å². The zero-order valence-electron chi connectivity index (χ0n) is 14.2. The molecule has 1 amide bonds. The van der Waals surface area contributed by atoms with Gasteiger partial charge in [0.15, 0.2) is 0 Å². The smallest absolute Gasteiger partial charge is 0.404 e. The Hall–Kier alpha value is -0.295. The summed E-state index contributed by atoms with van der Waals surface area (Å²) in [5, 5.41) is 0. The molecule has 1 unspecified atom stereocenters. The van der Waals surface area contributed by atoms with Gasteiger partial charge in [-0.05, 0) is 61.6 Å². The van der Waals surface area contributed by atoms with E-state index in [1.165, 1.54) is 6.42 Å². The first-order valence-electron chi connectivity index (χ1n) is 8.84. The van der Waals surface area contributed by atoms with Crippen LogP contribution in [0.1, 0.15) is 46.5 Å². The molecule has 0 aromatic rings. The molecule has 2 bridgehead atoms. The number of carbonyl (C=O) groups excluding carboxylic acids is 1. The molecule has 3 saturated carbocycles. The Morgan fingerprint density at radius 3 is 2.87 bits per heavy atom. The molecule has 2 heterocycles. The molecule has 0 aromatic carbocycles. The van der Waals surface area contributed by atoms with Crippen molar-refractivity contribution in [2.75, 3.05) is 13.1 Å². The second-order valence-electron chi connectivity index (χ2n) is 8.44. The Kier molecular flexibility index (Phi) is 3.77. The summed E-state index contributed by atoms with van der Waals surface area (Å²) in [5.41, 5.74) is 0.141. The van der Waals surface area contributed by atoms with Crippen molar-refractivity contribution in [2.45, 2.75) is 64.1 Å². The van der Waals surface area contributed by atoms with Crippen molar-refractivity contribution in [1.29, 1.82) is 0 Å². The van der Waals surface area contributed by atoms with Gasteiger partial charge in [-0.25, -0.2) is 4.84 Å². The maximum Gasteiger partial charge on any atom is 0.481 e. The van der Waals surface area contributed by atoms with Gasteiger partial charge in [-0.2, -0.15) is 0 Å². The lowest BCUT2D eigenvalue weighted by Crippen LogP contribution is -2.65. The maximum atomic E-state index is 12.3. The first-order chi connectivity index (χ1) is 10.9. The second kappa shape index (κ2) is 5.35. The molecule has 1 N–H and O–H groups in total. The third-order valence-corrected chi connectivity index (χ3v) is 7.25. The molecule has 2 aliphatic heterocycles. The van der Waals surface area contributed by atoms with Crippen LogP contribution in [-0.4, -0.2) is 48.7 Å². The van der Waals surface area contributed by atoms with E-state index in [9.17, 15) is 4.79 Å². The molecule has 5 atom stereocenters. The van der Waals surface area contributed by atoms with Gasteiger partial charge in [0.25, 0.3) is 0 Å². The number of likely N-dealkylation sites (tertiary alicyclic amines) is 1. The summed E-state index contributed by atoms with van der Waals surface area (Å²) < 4.78 is 12.8. The van der Waals surface area contributed by atoms with Crippen molar-refractivity contribution < 1.29 is 14.1 Å². The third kappa shape index (κ3) is 2.21. The molecule has 2 saturated heterocycles. The molecule has 5 fully saturated rings. The second-order valence-corrected chi connectivity index (χ2v) is 8.71. The van der Waals surface area contributed by atoms with E-state index in [1.54, 1.807) is 0 Å². The lowest BCUT2D eigenvalue weighted by molar-refractivity contribution is -0.199. The molecule has 0 radical (unpaired) electrons. The Bertz CT molecular complexity index is 520. The first-order valence-corrected chi connectivity index (χ1v) is 9.22. The van der Waals surface area contributed by atoms with Crippen LogP contribution in [0.3, 0.4) is 0 Å². The molecule has 0 aromatic heterocycles. The quantitative estimate of drug-likeness (QED) is 0.630. The van der Waals surface area contributed by atoms with E-state index in [2.05, 4.69) is 25.6 Å². The summed E-state index contributed by atoms with van der Waals surface area (Å²) in [6, 6.07) is 0. The Balaban J connectivity index is 1.51. The molecular weight excluding hydrogens is 314 g/mol. The minimum atomic E-state index is -0.290. The predicted molar refractivity (Wildman–Crippen MR) is 88.7 cm³/mol. The van der Waals surface area contributed by atoms with Crippen LogP contribution in [0.5, 0.6) is 0 Å². The summed E-state index contributed by atoms with van der Waals surface area (Å²) in [7, 11) is -0.290. The van der Waals surface area contributed by atoms with E-state index < -0.39 is 0 Å². The van der Waals surface area contributed by atoms with Gasteiger partial charge in [-0.15, -0.1) is 0 Å². The monoisotopic (exact) mass is 340 g/mol. The fraction of sp³-hybridized carbons (Fsp3) is 0.938. The van der Waals surface area contributed by atoms with E-state index >= 15 is 0 Å². The third-order valence-electron chi connectivity index (χ3n) is 7.12. The van der Waals surface area contributed by atoms with Gasteiger partial charge in [-0.1, -0.05) is 13.8 Å². The number of carbonyl (C=O) groups is 1. The molecular formula is C16H26BClN2O3. The van der Waals surface area contributed by atoms with Gasteiger partial charge in [0.2, 0.25) is 5.91 Å². The minimum absolute atomic E-state index is 0.0234. The van der Waals surface area contributed by atoms with Crippen molar-refractivity contribution in [1.82, 2.24) is 9.74 Å². The van der Waals surface area contributed by atoms with Crippen LogP contribution in [0.25, 0.3) is 0 Å². The molecule has 3 aliphatic carbocycles. The fourth-order valence-electron chi connectivity index (χ4n) is 5.61. The van der Waals surface area contributed by atoms with Crippen molar-refractivity contribution in [3.63, 3.8) is 0 Å². The van der Waals surface area contributed by atoms with E-state index in [0.717, 1.165) is 31.7 Å². The lowest BCUT2D eigenvalue weighted by atomic mass is 9.43. The van der Waals surface area contributed by atoms with Gasteiger partial charge in [0.1, 0.15) is 0 Å². The number of rotatable bonds is 3. The first kappa shape index (κ1) is 16.2. The SMILES string of the molecule is CC1(C)C2C[C@H]1C[C@H]1OB([C@@H]3CCCN3C(=O)CNCl)O[C@@]21C. The van der Waals surface area contributed by atoms with Gasteiger partial charge in [0.05, 0.1) is 24.2 Å². The summed E-state index contributed by atoms with van der Waals surface area (Å²) in [6.07, 6.45) is 4.45. The minimum Gasteiger partial charge on any atom is -0.404 e. The van der Waals surface area contributed by atoms with Gasteiger partial charge in [-0.3, -0.25) is 4.79 Å². The number of hydrogen-bond acceptors (Lipinski definition) is 4. The summed E-state index contributed by atoms with van der Waals surface area (Å²) in [6.45, 7) is 7.87. The van der Waals surface area contributed by atoms with E-state index in [1.807, 2.05) is 4.90 Å². The number of nitrogens with one attached hydrogen (secondary N) is 1. The molecule has 7 heteroatoms. The number of amides is 1. The number of nitrogens with zero attached hydrogens (tertiary/aromatic N) is 1. The Labute approximate surface area is 143 Å².